The van der Waals surface area contributed by atoms with Gasteiger partial charge < -0.3 is 14.1 Å². The fourth-order valence-electron chi connectivity index (χ4n) is 5.04. The van der Waals surface area contributed by atoms with Crippen LogP contribution in [0.5, 0.6) is 0 Å². The molecule has 0 bridgehead atoms. The predicted molar refractivity (Wildman–Crippen MR) is 151 cm³/mol. The molecule has 0 N–H and O–H groups in total. The van der Waals surface area contributed by atoms with Crippen molar-refractivity contribution < 1.29 is 14.1 Å². The highest BCUT2D eigenvalue weighted by molar-refractivity contribution is 9.10. The van der Waals surface area contributed by atoms with Crippen molar-refractivity contribution in [2.75, 3.05) is 0 Å². The Balaban J connectivity index is 0.000000179. The van der Waals surface area contributed by atoms with Crippen LogP contribution in [-0.4, -0.2) is 24.6 Å². The van der Waals surface area contributed by atoms with Crippen LogP contribution in [0.25, 0.3) is 0 Å². The van der Waals surface area contributed by atoms with Crippen LogP contribution in [0, 0.1) is 11.8 Å². The standard InChI is InChI=1S/C17H24BBrO2.C12H13BrO/c1-15(2)16(3,4)21-18(20-15)17(5,12-6-7-12)13-8-10-14(19)11-9-13;1-12(8-14,9-2-3-9)10-4-6-11(13)7-5-10/h8-12H,6-7H2,1-5H3;4-9H,2-3H2,1H3/t17-;12-/m11/s1. The lowest BCUT2D eigenvalue weighted by molar-refractivity contribution is -0.112. The first-order chi connectivity index (χ1) is 16.3. The number of carbonyl (C=O) groups is 1. The van der Waals surface area contributed by atoms with E-state index in [0.717, 1.165) is 20.8 Å². The number of rotatable bonds is 6. The topological polar surface area (TPSA) is 35.5 Å². The zero-order valence-electron chi connectivity index (χ0n) is 21.7. The molecule has 0 radical (unpaired) electrons. The zero-order valence-corrected chi connectivity index (χ0v) is 24.9. The molecule has 188 valence electrons. The molecule has 3 fully saturated rings. The molecule has 3 nitrogen and oxygen atoms in total. The normalized spacial score (nSPS) is 24.1. The highest BCUT2D eigenvalue weighted by Crippen LogP contribution is 2.53. The number of aldehydes is 1. The van der Waals surface area contributed by atoms with Crippen molar-refractivity contribution in [1.29, 1.82) is 0 Å². The molecular formula is C29H37BBr2O3. The van der Waals surface area contributed by atoms with Crippen LogP contribution < -0.4 is 0 Å². The van der Waals surface area contributed by atoms with Crippen LogP contribution in [0.1, 0.15) is 78.4 Å². The Hall–Kier alpha value is -0.945. The van der Waals surface area contributed by atoms with Gasteiger partial charge in [-0.05, 0) is 108 Å². The Bertz CT molecular complexity index is 1030. The lowest BCUT2D eigenvalue weighted by atomic mass is 9.52. The van der Waals surface area contributed by atoms with Crippen molar-refractivity contribution in [1.82, 2.24) is 0 Å². The highest BCUT2D eigenvalue weighted by Gasteiger charge is 2.62. The van der Waals surface area contributed by atoms with Crippen molar-refractivity contribution in [2.24, 2.45) is 11.8 Å². The van der Waals surface area contributed by atoms with E-state index >= 15 is 0 Å². The molecule has 0 amide bonds. The molecule has 2 aliphatic carbocycles. The van der Waals surface area contributed by atoms with Gasteiger partial charge in [0.05, 0.1) is 16.6 Å². The molecule has 1 saturated heterocycles. The SMILES string of the molecule is CC1(C)OB([C@@](C)(c2ccc(Br)cc2)C2CC2)OC1(C)C.C[C@](C=O)(c1ccc(Br)cc1)C1CC1. The van der Waals surface area contributed by atoms with Gasteiger partial charge in [-0.2, -0.15) is 0 Å². The third-order valence-corrected chi connectivity index (χ3v) is 9.83. The van der Waals surface area contributed by atoms with E-state index in [1.807, 2.05) is 31.2 Å². The van der Waals surface area contributed by atoms with Gasteiger partial charge in [-0.3, -0.25) is 0 Å². The Kier molecular flexibility index (Phi) is 7.54. The summed E-state index contributed by atoms with van der Waals surface area (Å²) in [7, 11) is -0.184. The summed E-state index contributed by atoms with van der Waals surface area (Å²) in [5.74, 6) is 1.20. The van der Waals surface area contributed by atoms with E-state index in [-0.39, 0.29) is 29.0 Å². The van der Waals surface area contributed by atoms with Crippen LogP contribution >= 0.6 is 31.9 Å². The molecule has 3 aliphatic rings. The maximum atomic E-state index is 11.2. The van der Waals surface area contributed by atoms with Gasteiger partial charge in [0.2, 0.25) is 0 Å². The van der Waals surface area contributed by atoms with Gasteiger partial charge in [-0.1, -0.05) is 63.0 Å². The minimum absolute atomic E-state index is 0.0776. The third-order valence-electron chi connectivity index (χ3n) is 8.77. The van der Waals surface area contributed by atoms with E-state index < -0.39 is 0 Å². The largest absolute Gasteiger partial charge is 0.469 e. The lowest BCUT2D eigenvalue weighted by Gasteiger charge is -2.32. The number of benzene rings is 2. The van der Waals surface area contributed by atoms with Crippen molar-refractivity contribution in [3.05, 3.63) is 68.6 Å². The number of carbonyl (C=O) groups excluding carboxylic acids is 1. The lowest BCUT2D eigenvalue weighted by Crippen LogP contribution is -2.45. The van der Waals surface area contributed by atoms with Gasteiger partial charge in [0, 0.05) is 14.3 Å². The molecule has 35 heavy (non-hydrogen) atoms. The highest BCUT2D eigenvalue weighted by atomic mass is 79.9. The molecule has 0 unspecified atom stereocenters. The van der Waals surface area contributed by atoms with E-state index in [2.05, 4.69) is 90.7 Å². The maximum Gasteiger partial charge on any atom is 0.469 e. The number of halogens is 2. The maximum absolute atomic E-state index is 11.2. The number of hydrogen-bond donors (Lipinski definition) is 0. The van der Waals surface area contributed by atoms with Crippen LogP contribution in [0.2, 0.25) is 0 Å². The van der Waals surface area contributed by atoms with Crippen molar-refractivity contribution >= 4 is 45.3 Å². The van der Waals surface area contributed by atoms with Gasteiger partial charge >= 0.3 is 7.12 Å². The van der Waals surface area contributed by atoms with Gasteiger partial charge in [0.1, 0.15) is 6.29 Å². The van der Waals surface area contributed by atoms with Gasteiger partial charge in [-0.15, -0.1) is 0 Å². The molecule has 2 atom stereocenters. The summed E-state index contributed by atoms with van der Waals surface area (Å²) < 4.78 is 14.9. The van der Waals surface area contributed by atoms with Gasteiger partial charge in [0.25, 0.3) is 0 Å². The summed E-state index contributed by atoms with van der Waals surface area (Å²) in [6.45, 7) is 12.9. The van der Waals surface area contributed by atoms with Crippen molar-refractivity contribution in [2.45, 2.75) is 89.2 Å². The summed E-state index contributed by atoms with van der Waals surface area (Å²) in [6.07, 6.45) is 6.00. The molecule has 2 saturated carbocycles. The Morgan fingerprint density at radius 2 is 1.17 bits per heavy atom. The molecule has 1 heterocycles. The van der Waals surface area contributed by atoms with E-state index in [1.54, 1.807) is 0 Å². The fraction of sp³-hybridized carbons (Fsp3) is 0.552. The van der Waals surface area contributed by atoms with Crippen molar-refractivity contribution in [3.8, 4) is 0 Å². The van der Waals surface area contributed by atoms with Gasteiger partial charge in [-0.25, -0.2) is 0 Å². The van der Waals surface area contributed by atoms with Crippen LogP contribution in [0.3, 0.4) is 0 Å². The van der Waals surface area contributed by atoms with Crippen molar-refractivity contribution in [3.63, 3.8) is 0 Å². The fourth-order valence-corrected chi connectivity index (χ4v) is 5.56. The molecule has 2 aromatic rings. The minimum Gasteiger partial charge on any atom is -0.403 e. The Morgan fingerprint density at radius 1 is 0.771 bits per heavy atom. The first-order valence-corrected chi connectivity index (χ1v) is 14.3. The van der Waals surface area contributed by atoms with Crippen LogP contribution in [0.15, 0.2) is 57.5 Å². The molecule has 5 rings (SSSR count). The van der Waals surface area contributed by atoms with E-state index in [0.29, 0.717) is 11.8 Å². The van der Waals surface area contributed by atoms with E-state index in [1.165, 1.54) is 31.2 Å². The van der Waals surface area contributed by atoms with Crippen LogP contribution in [0.4, 0.5) is 0 Å². The second-order valence-electron chi connectivity index (χ2n) is 11.8. The molecule has 2 aromatic carbocycles. The predicted octanol–water partition coefficient (Wildman–Crippen LogP) is 8.06. The summed E-state index contributed by atoms with van der Waals surface area (Å²) >= 11 is 6.92. The van der Waals surface area contributed by atoms with E-state index in [4.69, 9.17) is 9.31 Å². The van der Waals surface area contributed by atoms with E-state index in [9.17, 15) is 4.79 Å². The van der Waals surface area contributed by atoms with Crippen LogP contribution in [-0.2, 0) is 24.8 Å². The first kappa shape index (κ1) is 27.1. The second-order valence-corrected chi connectivity index (χ2v) is 13.7. The molecule has 0 aromatic heterocycles. The summed E-state index contributed by atoms with van der Waals surface area (Å²) in [5, 5.41) is -0.0776. The quantitative estimate of drug-likeness (QED) is 0.247. The molecule has 0 spiro atoms. The zero-order chi connectivity index (χ0) is 25.6. The second kappa shape index (κ2) is 9.74. The summed E-state index contributed by atoms with van der Waals surface area (Å²) in [5.41, 5.74) is 1.64. The number of hydrogen-bond acceptors (Lipinski definition) is 3. The first-order valence-electron chi connectivity index (χ1n) is 12.7. The minimum atomic E-state index is -0.275. The summed E-state index contributed by atoms with van der Waals surface area (Å²) in [6, 6.07) is 16.7. The van der Waals surface area contributed by atoms with Gasteiger partial charge in [0.15, 0.2) is 0 Å². The average molecular weight is 604 g/mol. The Morgan fingerprint density at radius 3 is 1.54 bits per heavy atom. The molecular weight excluding hydrogens is 567 g/mol. The average Bonchev–Trinajstić information content (AvgIpc) is 3.71. The Labute approximate surface area is 228 Å². The molecule has 1 aliphatic heterocycles. The monoisotopic (exact) mass is 602 g/mol. The smallest absolute Gasteiger partial charge is 0.403 e. The molecule has 6 heteroatoms. The third kappa shape index (κ3) is 5.37. The summed E-state index contributed by atoms with van der Waals surface area (Å²) in [4.78, 5) is 11.2.